The quantitative estimate of drug-likeness (QED) is 0.473. The van der Waals surface area contributed by atoms with Crippen LogP contribution in [0.1, 0.15) is 26.7 Å². The van der Waals surface area contributed by atoms with Crippen molar-refractivity contribution in [3.63, 3.8) is 0 Å². The van der Waals surface area contributed by atoms with E-state index in [1.807, 2.05) is 26.0 Å². The van der Waals surface area contributed by atoms with E-state index in [0.717, 1.165) is 12.8 Å². The van der Waals surface area contributed by atoms with E-state index in [0.29, 0.717) is 13.2 Å². The van der Waals surface area contributed by atoms with E-state index in [1.54, 1.807) is 6.08 Å². The maximum Gasteiger partial charge on any atom is 0.157 e. The van der Waals surface area contributed by atoms with Gasteiger partial charge < -0.3 is 9.47 Å². The zero-order valence-corrected chi connectivity index (χ0v) is 9.66. The molecule has 2 heteroatoms. The highest BCUT2D eigenvalue weighted by atomic mass is 16.7. The molecule has 0 aliphatic rings. The molecule has 0 saturated heterocycles. The summed E-state index contributed by atoms with van der Waals surface area (Å²) < 4.78 is 10.8. The van der Waals surface area contributed by atoms with E-state index in [2.05, 4.69) is 18.4 Å². The van der Waals surface area contributed by atoms with Crippen molar-refractivity contribution in [2.45, 2.75) is 33.0 Å². The molecule has 0 unspecified atom stereocenters. The SMILES string of the molecule is C=CC#C/C=C\CCC(OCC)OCC. The first-order chi connectivity index (χ1) is 7.35. The Hall–Kier alpha value is -1.04. The van der Waals surface area contributed by atoms with E-state index in [9.17, 15) is 0 Å². The molecule has 0 aromatic rings. The number of hydrogen-bond donors (Lipinski definition) is 0. The highest BCUT2D eigenvalue weighted by Crippen LogP contribution is 2.04. The fraction of sp³-hybridized carbons (Fsp3) is 0.538. The monoisotopic (exact) mass is 208 g/mol. The van der Waals surface area contributed by atoms with Crippen LogP contribution in [0.4, 0.5) is 0 Å². The lowest BCUT2D eigenvalue weighted by atomic mass is 10.3. The van der Waals surface area contributed by atoms with Crippen LogP contribution in [0.3, 0.4) is 0 Å². The van der Waals surface area contributed by atoms with Gasteiger partial charge in [0, 0.05) is 19.6 Å². The van der Waals surface area contributed by atoms with Crippen LogP contribution in [0.15, 0.2) is 24.8 Å². The van der Waals surface area contributed by atoms with Crippen molar-refractivity contribution in [1.29, 1.82) is 0 Å². The van der Waals surface area contributed by atoms with Gasteiger partial charge >= 0.3 is 0 Å². The van der Waals surface area contributed by atoms with E-state index in [-0.39, 0.29) is 6.29 Å². The number of hydrogen-bond acceptors (Lipinski definition) is 2. The molecule has 2 nitrogen and oxygen atoms in total. The van der Waals surface area contributed by atoms with Crippen LogP contribution >= 0.6 is 0 Å². The molecule has 0 aromatic carbocycles. The predicted molar refractivity (Wildman–Crippen MR) is 63.4 cm³/mol. The second-order valence-electron chi connectivity index (χ2n) is 2.81. The van der Waals surface area contributed by atoms with Gasteiger partial charge in [-0.15, -0.1) is 0 Å². The van der Waals surface area contributed by atoms with Crippen molar-refractivity contribution in [1.82, 2.24) is 0 Å². The minimum Gasteiger partial charge on any atom is -0.353 e. The molecule has 0 rings (SSSR count). The van der Waals surface area contributed by atoms with Gasteiger partial charge in [-0.1, -0.05) is 24.5 Å². The van der Waals surface area contributed by atoms with Crippen molar-refractivity contribution < 1.29 is 9.47 Å². The summed E-state index contributed by atoms with van der Waals surface area (Å²) in [5, 5.41) is 0. The summed E-state index contributed by atoms with van der Waals surface area (Å²) in [4.78, 5) is 0. The normalized spacial score (nSPS) is 10.3. The van der Waals surface area contributed by atoms with Crippen molar-refractivity contribution in [2.75, 3.05) is 13.2 Å². The molecule has 0 saturated carbocycles. The van der Waals surface area contributed by atoms with Gasteiger partial charge in [-0.05, 0) is 32.4 Å². The Kier molecular flexibility index (Phi) is 10.3. The minimum atomic E-state index is -0.0861. The number of allylic oxidation sites excluding steroid dienone is 3. The van der Waals surface area contributed by atoms with Crippen LogP contribution < -0.4 is 0 Å². The van der Waals surface area contributed by atoms with Crippen LogP contribution in [-0.4, -0.2) is 19.5 Å². The smallest absolute Gasteiger partial charge is 0.157 e. The van der Waals surface area contributed by atoms with Gasteiger partial charge in [0.2, 0.25) is 0 Å². The molecular weight excluding hydrogens is 188 g/mol. The molecule has 15 heavy (non-hydrogen) atoms. The molecular formula is C13H20O2. The van der Waals surface area contributed by atoms with Crippen LogP contribution in [0, 0.1) is 11.8 Å². The number of ether oxygens (including phenoxy) is 2. The molecule has 0 heterocycles. The standard InChI is InChI=1S/C13H20O2/c1-4-7-8-9-10-11-12-13(14-5-2)15-6-3/h4,9-10,13H,1,5-6,11-12H2,2-3H3/b10-9-. The van der Waals surface area contributed by atoms with Gasteiger partial charge in [0.1, 0.15) is 0 Å². The molecule has 0 atom stereocenters. The Labute approximate surface area is 93.0 Å². The minimum absolute atomic E-state index is 0.0861. The summed E-state index contributed by atoms with van der Waals surface area (Å²) >= 11 is 0. The Balaban J connectivity index is 3.68. The largest absolute Gasteiger partial charge is 0.353 e. The fourth-order valence-electron chi connectivity index (χ4n) is 1.07. The lowest BCUT2D eigenvalue weighted by Crippen LogP contribution is -2.16. The first kappa shape index (κ1) is 14.0. The van der Waals surface area contributed by atoms with Crippen molar-refractivity contribution in [2.24, 2.45) is 0 Å². The first-order valence-corrected chi connectivity index (χ1v) is 5.35. The summed E-state index contributed by atoms with van der Waals surface area (Å²) in [6.07, 6.45) is 7.12. The van der Waals surface area contributed by atoms with Gasteiger partial charge in [0.05, 0.1) is 0 Å². The van der Waals surface area contributed by atoms with Gasteiger partial charge in [-0.25, -0.2) is 0 Å². The topological polar surface area (TPSA) is 18.5 Å². The Morgan fingerprint density at radius 1 is 1.20 bits per heavy atom. The summed E-state index contributed by atoms with van der Waals surface area (Å²) in [6, 6.07) is 0. The van der Waals surface area contributed by atoms with Crippen LogP contribution in [0.5, 0.6) is 0 Å². The molecule has 0 amide bonds. The molecule has 0 aromatic heterocycles. The molecule has 0 bridgehead atoms. The van der Waals surface area contributed by atoms with Gasteiger partial charge in [0.25, 0.3) is 0 Å². The molecule has 84 valence electrons. The van der Waals surface area contributed by atoms with Crippen LogP contribution in [0.25, 0.3) is 0 Å². The molecule has 0 radical (unpaired) electrons. The maximum atomic E-state index is 5.40. The molecule has 0 spiro atoms. The predicted octanol–water partition coefficient (Wildman–Crippen LogP) is 2.91. The highest BCUT2D eigenvalue weighted by Gasteiger charge is 2.05. The average molecular weight is 208 g/mol. The van der Waals surface area contributed by atoms with E-state index in [4.69, 9.17) is 9.47 Å². The second kappa shape index (κ2) is 11.0. The summed E-state index contributed by atoms with van der Waals surface area (Å²) in [5.74, 6) is 5.59. The van der Waals surface area contributed by atoms with Crippen LogP contribution in [-0.2, 0) is 9.47 Å². The van der Waals surface area contributed by atoms with Crippen LogP contribution in [0.2, 0.25) is 0 Å². The van der Waals surface area contributed by atoms with E-state index < -0.39 is 0 Å². The average Bonchev–Trinajstić information content (AvgIpc) is 2.24. The lowest BCUT2D eigenvalue weighted by molar-refractivity contribution is -0.138. The van der Waals surface area contributed by atoms with Gasteiger partial charge in [-0.3, -0.25) is 0 Å². The third kappa shape index (κ3) is 9.27. The van der Waals surface area contributed by atoms with Gasteiger partial charge in [-0.2, -0.15) is 0 Å². The maximum absolute atomic E-state index is 5.40. The van der Waals surface area contributed by atoms with Crippen molar-refractivity contribution >= 4 is 0 Å². The molecule has 0 aliphatic heterocycles. The van der Waals surface area contributed by atoms with E-state index in [1.165, 1.54) is 0 Å². The Morgan fingerprint density at radius 2 is 1.87 bits per heavy atom. The lowest BCUT2D eigenvalue weighted by Gasteiger charge is -2.15. The summed E-state index contributed by atoms with van der Waals surface area (Å²) in [7, 11) is 0. The first-order valence-electron chi connectivity index (χ1n) is 5.35. The Morgan fingerprint density at radius 3 is 2.40 bits per heavy atom. The summed E-state index contributed by atoms with van der Waals surface area (Å²) in [6.45, 7) is 8.82. The molecule has 0 N–H and O–H groups in total. The second-order valence-corrected chi connectivity index (χ2v) is 2.81. The molecule has 0 aliphatic carbocycles. The van der Waals surface area contributed by atoms with Gasteiger partial charge in [0.15, 0.2) is 6.29 Å². The zero-order valence-electron chi connectivity index (χ0n) is 9.66. The van der Waals surface area contributed by atoms with E-state index >= 15 is 0 Å². The number of rotatable bonds is 7. The van der Waals surface area contributed by atoms with Crippen molar-refractivity contribution in [3.8, 4) is 11.8 Å². The summed E-state index contributed by atoms with van der Waals surface area (Å²) in [5.41, 5.74) is 0. The Bertz CT molecular complexity index is 227. The molecule has 0 fully saturated rings. The fourth-order valence-corrected chi connectivity index (χ4v) is 1.07. The third-order valence-electron chi connectivity index (χ3n) is 1.66. The zero-order chi connectivity index (χ0) is 11.4. The highest BCUT2D eigenvalue weighted by molar-refractivity contribution is 5.21. The third-order valence-corrected chi connectivity index (χ3v) is 1.66. The van der Waals surface area contributed by atoms with Crippen molar-refractivity contribution in [3.05, 3.63) is 24.8 Å².